The second-order valence-electron chi connectivity index (χ2n) is 3.35. The zero-order valence-corrected chi connectivity index (χ0v) is 8.67. The lowest BCUT2D eigenvalue weighted by Crippen LogP contribution is -2.49. The Hall–Kier alpha value is -1.40. The largest absolute Gasteiger partial charge is 0.329 e. The zero-order chi connectivity index (χ0) is 10.7. The third-order valence-electron chi connectivity index (χ3n) is 2.49. The molecule has 2 heterocycles. The summed E-state index contributed by atoms with van der Waals surface area (Å²) in [6.07, 6.45) is 4.78. The maximum atomic E-state index is 11.8. The van der Waals surface area contributed by atoms with Crippen molar-refractivity contribution in [3.63, 3.8) is 0 Å². The van der Waals surface area contributed by atoms with Gasteiger partial charge in [0.1, 0.15) is 6.33 Å². The van der Waals surface area contributed by atoms with Crippen LogP contribution in [0.5, 0.6) is 0 Å². The van der Waals surface area contributed by atoms with Gasteiger partial charge in [-0.1, -0.05) is 0 Å². The van der Waals surface area contributed by atoms with Gasteiger partial charge in [0, 0.05) is 38.6 Å². The number of carbonyl (C=O) groups is 1. The van der Waals surface area contributed by atoms with Gasteiger partial charge in [-0.15, -0.1) is 0 Å². The molecule has 0 N–H and O–H groups in total. The first-order valence-electron chi connectivity index (χ1n) is 4.87. The SMILES string of the molecule is CON1CCN(C(=O)n2ccnc2)CC1. The van der Waals surface area contributed by atoms with Crippen molar-refractivity contribution in [2.24, 2.45) is 0 Å². The van der Waals surface area contributed by atoms with E-state index in [1.54, 1.807) is 24.4 Å². The molecule has 82 valence electrons. The second-order valence-corrected chi connectivity index (χ2v) is 3.35. The predicted molar refractivity (Wildman–Crippen MR) is 53.2 cm³/mol. The van der Waals surface area contributed by atoms with Crippen molar-refractivity contribution in [3.05, 3.63) is 18.7 Å². The highest BCUT2D eigenvalue weighted by Gasteiger charge is 2.21. The van der Waals surface area contributed by atoms with Gasteiger partial charge in [-0.2, -0.15) is 5.06 Å². The average molecular weight is 210 g/mol. The summed E-state index contributed by atoms with van der Waals surface area (Å²) in [6.45, 7) is 2.86. The quantitative estimate of drug-likeness (QED) is 0.656. The van der Waals surface area contributed by atoms with Gasteiger partial charge in [-0.3, -0.25) is 4.57 Å². The molecule has 1 aliphatic heterocycles. The van der Waals surface area contributed by atoms with E-state index in [0.717, 1.165) is 13.1 Å². The van der Waals surface area contributed by atoms with Gasteiger partial charge < -0.3 is 9.74 Å². The van der Waals surface area contributed by atoms with Crippen LogP contribution < -0.4 is 0 Å². The van der Waals surface area contributed by atoms with E-state index in [2.05, 4.69) is 4.98 Å². The van der Waals surface area contributed by atoms with Crippen LogP contribution in [0.25, 0.3) is 0 Å². The van der Waals surface area contributed by atoms with Crippen molar-refractivity contribution in [2.45, 2.75) is 0 Å². The number of amides is 1. The van der Waals surface area contributed by atoms with Crippen LogP contribution in [0.1, 0.15) is 0 Å². The standard InChI is InChI=1S/C9H14N4O2/c1-15-13-6-4-11(5-7-13)9(14)12-3-2-10-8-12/h2-3,8H,4-7H2,1H3. The number of rotatable bonds is 1. The van der Waals surface area contributed by atoms with Crippen molar-refractivity contribution in [3.8, 4) is 0 Å². The van der Waals surface area contributed by atoms with Gasteiger partial charge in [0.05, 0.1) is 7.11 Å². The number of hydrogen-bond donors (Lipinski definition) is 0. The van der Waals surface area contributed by atoms with Gasteiger partial charge in [0.15, 0.2) is 0 Å². The minimum absolute atomic E-state index is 0.0248. The summed E-state index contributed by atoms with van der Waals surface area (Å²) < 4.78 is 1.49. The number of piperazine rings is 1. The summed E-state index contributed by atoms with van der Waals surface area (Å²) >= 11 is 0. The lowest BCUT2D eigenvalue weighted by Gasteiger charge is -2.32. The molecule has 0 saturated carbocycles. The van der Waals surface area contributed by atoms with E-state index in [-0.39, 0.29) is 6.03 Å². The summed E-state index contributed by atoms with van der Waals surface area (Å²) in [5, 5.41) is 1.84. The number of nitrogens with zero attached hydrogens (tertiary/aromatic N) is 4. The van der Waals surface area contributed by atoms with Crippen LogP contribution in [0.2, 0.25) is 0 Å². The Morgan fingerprint density at radius 2 is 2.07 bits per heavy atom. The molecule has 2 rings (SSSR count). The molecule has 0 bridgehead atoms. The molecule has 1 fully saturated rings. The van der Waals surface area contributed by atoms with Crippen LogP contribution in [0.4, 0.5) is 4.79 Å². The fourth-order valence-electron chi connectivity index (χ4n) is 1.60. The monoisotopic (exact) mass is 210 g/mol. The Morgan fingerprint density at radius 1 is 1.33 bits per heavy atom. The number of carbonyl (C=O) groups excluding carboxylic acids is 1. The molecule has 6 heteroatoms. The number of hydroxylamine groups is 2. The Balaban J connectivity index is 1.93. The molecule has 1 amide bonds. The van der Waals surface area contributed by atoms with E-state index >= 15 is 0 Å². The maximum Gasteiger partial charge on any atom is 0.329 e. The number of imidazole rings is 1. The summed E-state index contributed by atoms with van der Waals surface area (Å²) in [4.78, 5) is 22.6. The molecule has 0 atom stereocenters. The third-order valence-corrected chi connectivity index (χ3v) is 2.49. The number of aromatic nitrogens is 2. The maximum absolute atomic E-state index is 11.8. The molecule has 0 aliphatic carbocycles. The van der Waals surface area contributed by atoms with Crippen LogP contribution in [-0.2, 0) is 4.84 Å². The van der Waals surface area contributed by atoms with Crippen molar-refractivity contribution < 1.29 is 9.63 Å². The Bertz CT molecular complexity index is 317. The first kappa shape index (κ1) is 10.1. The second kappa shape index (κ2) is 4.41. The fourth-order valence-corrected chi connectivity index (χ4v) is 1.60. The lowest BCUT2D eigenvalue weighted by molar-refractivity contribution is -0.147. The van der Waals surface area contributed by atoms with E-state index in [0.29, 0.717) is 13.1 Å². The lowest BCUT2D eigenvalue weighted by atomic mass is 10.4. The summed E-state index contributed by atoms with van der Waals surface area (Å²) in [5.74, 6) is 0. The Morgan fingerprint density at radius 3 is 2.60 bits per heavy atom. The van der Waals surface area contributed by atoms with Crippen LogP contribution in [0, 0.1) is 0 Å². The predicted octanol–water partition coefficient (Wildman–Crippen LogP) is 0.0302. The minimum Gasteiger partial charge on any atom is -0.321 e. The molecular formula is C9H14N4O2. The third kappa shape index (κ3) is 2.16. The van der Waals surface area contributed by atoms with Crippen molar-refractivity contribution >= 4 is 6.03 Å². The van der Waals surface area contributed by atoms with Gasteiger partial charge in [0.2, 0.25) is 0 Å². The van der Waals surface area contributed by atoms with Crippen molar-refractivity contribution in [1.82, 2.24) is 19.5 Å². The Labute approximate surface area is 88.0 Å². The van der Waals surface area contributed by atoms with Crippen molar-refractivity contribution in [1.29, 1.82) is 0 Å². The highest BCUT2D eigenvalue weighted by atomic mass is 16.7. The topological polar surface area (TPSA) is 50.6 Å². The van der Waals surface area contributed by atoms with Gasteiger partial charge in [-0.05, 0) is 0 Å². The smallest absolute Gasteiger partial charge is 0.321 e. The summed E-state index contributed by atoms with van der Waals surface area (Å²) in [6, 6.07) is -0.0248. The van der Waals surface area contributed by atoms with Gasteiger partial charge in [0.25, 0.3) is 0 Å². The molecular weight excluding hydrogens is 196 g/mol. The first-order chi connectivity index (χ1) is 7.31. The molecule has 6 nitrogen and oxygen atoms in total. The van der Waals surface area contributed by atoms with E-state index in [9.17, 15) is 4.79 Å². The van der Waals surface area contributed by atoms with E-state index < -0.39 is 0 Å². The van der Waals surface area contributed by atoms with Gasteiger partial charge in [-0.25, -0.2) is 9.78 Å². The van der Waals surface area contributed by atoms with E-state index in [4.69, 9.17) is 4.84 Å². The molecule has 1 aromatic heterocycles. The molecule has 15 heavy (non-hydrogen) atoms. The average Bonchev–Trinajstić information content (AvgIpc) is 2.82. The summed E-state index contributed by atoms with van der Waals surface area (Å²) in [7, 11) is 1.65. The van der Waals surface area contributed by atoms with Crippen LogP contribution in [0.3, 0.4) is 0 Å². The highest BCUT2D eigenvalue weighted by Crippen LogP contribution is 2.03. The Kier molecular flexibility index (Phi) is 2.98. The van der Waals surface area contributed by atoms with Gasteiger partial charge >= 0.3 is 6.03 Å². The molecule has 1 aliphatic rings. The zero-order valence-electron chi connectivity index (χ0n) is 8.67. The first-order valence-corrected chi connectivity index (χ1v) is 4.87. The minimum atomic E-state index is -0.0248. The fraction of sp³-hybridized carbons (Fsp3) is 0.556. The number of hydrogen-bond acceptors (Lipinski definition) is 4. The molecule has 0 unspecified atom stereocenters. The van der Waals surface area contributed by atoms with Crippen molar-refractivity contribution in [2.75, 3.05) is 33.3 Å². The molecule has 1 saturated heterocycles. The summed E-state index contributed by atoms with van der Waals surface area (Å²) in [5.41, 5.74) is 0. The van der Waals surface area contributed by atoms with E-state index in [1.165, 1.54) is 10.9 Å². The van der Waals surface area contributed by atoms with Crippen LogP contribution >= 0.6 is 0 Å². The molecule has 0 spiro atoms. The highest BCUT2D eigenvalue weighted by molar-refractivity contribution is 5.76. The molecule has 0 radical (unpaired) electrons. The van der Waals surface area contributed by atoms with Crippen LogP contribution in [-0.4, -0.2) is 58.8 Å². The van der Waals surface area contributed by atoms with Crippen LogP contribution in [0.15, 0.2) is 18.7 Å². The van der Waals surface area contributed by atoms with E-state index in [1.807, 2.05) is 5.06 Å². The molecule has 0 aromatic carbocycles. The normalized spacial score (nSPS) is 18.1. The molecule has 1 aromatic rings.